The minimum absolute atomic E-state index is 0.136. The number of nitrogens with two attached hydrogens (primary N) is 1. The highest BCUT2D eigenvalue weighted by Gasteiger charge is 2.41. The first-order valence-electron chi connectivity index (χ1n) is 12.1. The van der Waals surface area contributed by atoms with Gasteiger partial charge in [-0.2, -0.15) is 13.2 Å². The Morgan fingerprint density at radius 3 is 2.43 bits per heavy atom. The van der Waals surface area contributed by atoms with Crippen LogP contribution in [-0.2, 0) is 16.2 Å². The molecule has 3 aliphatic rings. The second-order valence-corrected chi connectivity index (χ2v) is 11.5. The van der Waals surface area contributed by atoms with E-state index in [0.29, 0.717) is 36.5 Å². The van der Waals surface area contributed by atoms with Crippen molar-refractivity contribution in [3.8, 4) is 11.4 Å². The van der Waals surface area contributed by atoms with Crippen LogP contribution in [0.1, 0.15) is 68.4 Å². The molecule has 3 atom stereocenters. The second kappa shape index (κ2) is 9.41. The molecule has 2 aliphatic carbocycles. The fourth-order valence-electron chi connectivity index (χ4n) is 6.30. The van der Waals surface area contributed by atoms with Crippen LogP contribution in [0.25, 0.3) is 11.4 Å². The number of fused-ring (bicyclic) bond motifs is 1. The average molecular weight is 514 g/mol. The van der Waals surface area contributed by atoms with E-state index in [0.717, 1.165) is 37.8 Å². The Balaban J connectivity index is 1.38. The van der Waals surface area contributed by atoms with E-state index < -0.39 is 26.7 Å². The van der Waals surface area contributed by atoms with E-state index in [1.807, 2.05) is 0 Å². The summed E-state index contributed by atoms with van der Waals surface area (Å²) < 4.78 is 66.0. The Labute approximate surface area is 201 Å². The molecule has 1 saturated heterocycles. The van der Waals surface area contributed by atoms with Gasteiger partial charge in [0, 0.05) is 23.7 Å². The molecular formula is C22H30F3N7O2S. The highest BCUT2D eigenvalue weighted by molar-refractivity contribution is 7.89. The largest absolute Gasteiger partial charge is 0.417 e. The zero-order valence-corrected chi connectivity index (χ0v) is 20.0. The molecule has 1 unspecified atom stereocenters. The predicted octanol–water partition coefficient (Wildman–Crippen LogP) is 2.68. The zero-order valence-electron chi connectivity index (χ0n) is 19.2. The number of aromatic nitrogens is 4. The SMILES string of the molecule is NS(=O)(=O)c1c(C(F)(F)F)ccc(C2CCC(NC3CC[C@H]4CCN[C@H]4C3)CC2)c1-c1nnn[nH]1. The van der Waals surface area contributed by atoms with Crippen LogP contribution in [0, 0.1) is 5.92 Å². The highest BCUT2D eigenvalue weighted by atomic mass is 32.2. The molecule has 1 aromatic heterocycles. The Morgan fingerprint density at radius 1 is 1.03 bits per heavy atom. The van der Waals surface area contributed by atoms with Crippen molar-refractivity contribution in [3.05, 3.63) is 23.3 Å². The molecule has 2 heterocycles. The number of halogens is 3. The maximum Gasteiger partial charge on any atom is 0.417 e. The van der Waals surface area contributed by atoms with Gasteiger partial charge in [0.25, 0.3) is 0 Å². The van der Waals surface area contributed by atoms with Gasteiger partial charge in [0.1, 0.15) is 4.90 Å². The maximum absolute atomic E-state index is 13.7. The second-order valence-electron chi connectivity index (χ2n) is 10.0. The van der Waals surface area contributed by atoms with E-state index in [4.69, 9.17) is 5.14 Å². The Kier molecular flexibility index (Phi) is 6.62. The van der Waals surface area contributed by atoms with Gasteiger partial charge in [-0.25, -0.2) is 18.7 Å². The lowest BCUT2D eigenvalue weighted by Gasteiger charge is -2.37. The van der Waals surface area contributed by atoms with Crippen molar-refractivity contribution in [2.24, 2.45) is 11.1 Å². The summed E-state index contributed by atoms with van der Waals surface area (Å²) in [6.07, 6.45) is 3.01. The molecule has 5 rings (SSSR count). The van der Waals surface area contributed by atoms with Gasteiger partial charge in [-0.05, 0) is 91.8 Å². The molecule has 35 heavy (non-hydrogen) atoms. The van der Waals surface area contributed by atoms with Gasteiger partial charge < -0.3 is 10.6 Å². The molecule has 192 valence electrons. The number of rotatable bonds is 5. The van der Waals surface area contributed by atoms with Crippen LogP contribution < -0.4 is 15.8 Å². The van der Waals surface area contributed by atoms with Gasteiger partial charge in [0.2, 0.25) is 10.0 Å². The smallest absolute Gasteiger partial charge is 0.314 e. The van der Waals surface area contributed by atoms with Crippen molar-refractivity contribution in [1.82, 2.24) is 31.3 Å². The summed E-state index contributed by atoms with van der Waals surface area (Å²) in [4.78, 5) is -0.984. The van der Waals surface area contributed by atoms with Crippen molar-refractivity contribution < 1.29 is 21.6 Å². The Morgan fingerprint density at radius 2 is 1.77 bits per heavy atom. The van der Waals surface area contributed by atoms with Crippen LogP contribution >= 0.6 is 0 Å². The molecule has 0 amide bonds. The number of alkyl halides is 3. The van der Waals surface area contributed by atoms with Crippen LogP contribution in [0.15, 0.2) is 17.0 Å². The van der Waals surface area contributed by atoms with Crippen LogP contribution in [0.3, 0.4) is 0 Å². The summed E-state index contributed by atoms with van der Waals surface area (Å²) in [5.74, 6) is 0.514. The monoisotopic (exact) mass is 513 g/mol. The number of tetrazole rings is 1. The van der Waals surface area contributed by atoms with Gasteiger partial charge in [0.05, 0.1) is 5.56 Å². The molecule has 9 nitrogen and oxygen atoms in total. The summed E-state index contributed by atoms with van der Waals surface area (Å²) in [6.45, 7) is 1.10. The van der Waals surface area contributed by atoms with E-state index in [1.54, 1.807) is 0 Å². The lowest BCUT2D eigenvalue weighted by atomic mass is 9.78. The molecule has 0 spiro atoms. The lowest BCUT2D eigenvalue weighted by molar-refractivity contribution is -0.139. The minimum Gasteiger partial charge on any atom is -0.314 e. The molecule has 1 aliphatic heterocycles. The van der Waals surface area contributed by atoms with Crippen LogP contribution in [0.5, 0.6) is 0 Å². The van der Waals surface area contributed by atoms with Crippen molar-refractivity contribution in [3.63, 3.8) is 0 Å². The van der Waals surface area contributed by atoms with Crippen molar-refractivity contribution in [2.75, 3.05) is 6.54 Å². The lowest BCUT2D eigenvalue weighted by Crippen LogP contribution is -2.47. The average Bonchev–Trinajstić information content (AvgIpc) is 3.49. The molecule has 13 heteroatoms. The first-order valence-corrected chi connectivity index (χ1v) is 13.7. The van der Waals surface area contributed by atoms with Gasteiger partial charge in [-0.15, -0.1) is 5.10 Å². The van der Waals surface area contributed by atoms with E-state index in [1.165, 1.54) is 25.3 Å². The van der Waals surface area contributed by atoms with E-state index >= 15 is 0 Å². The van der Waals surface area contributed by atoms with Crippen LogP contribution in [-0.4, -0.2) is 53.7 Å². The first kappa shape index (κ1) is 24.6. The third-order valence-corrected chi connectivity index (χ3v) is 8.91. The Bertz CT molecular complexity index is 1150. The number of aromatic amines is 1. The molecule has 2 saturated carbocycles. The number of primary sulfonamides is 1. The number of H-pyrrole nitrogens is 1. The maximum atomic E-state index is 13.7. The predicted molar refractivity (Wildman–Crippen MR) is 122 cm³/mol. The zero-order chi connectivity index (χ0) is 24.8. The number of nitrogens with one attached hydrogen (secondary N) is 3. The topological polar surface area (TPSA) is 139 Å². The summed E-state index contributed by atoms with van der Waals surface area (Å²) >= 11 is 0. The molecule has 2 aromatic rings. The van der Waals surface area contributed by atoms with Gasteiger partial charge >= 0.3 is 6.18 Å². The highest BCUT2D eigenvalue weighted by Crippen LogP contribution is 2.45. The van der Waals surface area contributed by atoms with Crippen LogP contribution in [0.2, 0.25) is 0 Å². The van der Waals surface area contributed by atoms with Gasteiger partial charge in [-0.3, -0.25) is 0 Å². The van der Waals surface area contributed by atoms with Gasteiger partial charge in [-0.1, -0.05) is 6.07 Å². The molecular weight excluding hydrogens is 483 g/mol. The van der Waals surface area contributed by atoms with Crippen LogP contribution in [0.4, 0.5) is 13.2 Å². The summed E-state index contributed by atoms with van der Waals surface area (Å²) in [7, 11) is -4.73. The first-order chi connectivity index (χ1) is 16.6. The van der Waals surface area contributed by atoms with Crippen molar-refractivity contribution >= 4 is 10.0 Å². The van der Waals surface area contributed by atoms with Gasteiger partial charge in [0.15, 0.2) is 5.82 Å². The third kappa shape index (κ3) is 5.09. The fourth-order valence-corrected chi connectivity index (χ4v) is 7.29. The quantitative estimate of drug-likeness (QED) is 0.482. The Hall–Kier alpha value is -2.09. The van der Waals surface area contributed by atoms with E-state index in [2.05, 4.69) is 31.3 Å². The molecule has 0 bridgehead atoms. The van der Waals surface area contributed by atoms with E-state index in [9.17, 15) is 21.6 Å². The number of sulfonamides is 1. The number of nitrogens with zero attached hydrogens (tertiary/aromatic N) is 3. The molecule has 5 N–H and O–H groups in total. The summed E-state index contributed by atoms with van der Waals surface area (Å²) in [5.41, 5.74) is -1.04. The molecule has 3 fully saturated rings. The summed E-state index contributed by atoms with van der Waals surface area (Å²) in [5, 5.41) is 25.8. The van der Waals surface area contributed by atoms with E-state index in [-0.39, 0.29) is 17.3 Å². The number of benzene rings is 1. The molecule has 1 aromatic carbocycles. The fraction of sp³-hybridized carbons (Fsp3) is 0.682. The number of hydrogen-bond acceptors (Lipinski definition) is 7. The third-order valence-electron chi connectivity index (χ3n) is 7.92. The minimum atomic E-state index is -4.91. The van der Waals surface area contributed by atoms with Crippen molar-refractivity contribution in [1.29, 1.82) is 0 Å². The molecule has 0 radical (unpaired) electrons. The number of hydrogen-bond donors (Lipinski definition) is 4. The summed E-state index contributed by atoms with van der Waals surface area (Å²) in [6, 6.07) is 3.55. The van der Waals surface area contributed by atoms with Crippen molar-refractivity contribution in [2.45, 2.75) is 86.5 Å². The normalized spacial score (nSPS) is 29.8. The standard InChI is InChI=1S/C22H30F3N7O2S/c23-22(24,25)17-8-7-16(19(20(17)35(26,33)34)21-29-31-32-30-21)12-1-4-14(5-2-12)28-15-6-3-13-9-10-27-18(13)11-15/h7-8,12-15,18,27-28H,1-6,9-11H2,(H2,26,33,34)(H,29,30,31,32)/t12?,13-,14?,15?,18-/m0/s1.